The van der Waals surface area contributed by atoms with E-state index in [1.165, 1.54) is 0 Å². The first-order valence-corrected chi connectivity index (χ1v) is 5.46. The van der Waals surface area contributed by atoms with Gasteiger partial charge in [0.05, 0.1) is 11.4 Å². The molecule has 80 valence electrons. The predicted molar refractivity (Wildman–Crippen MR) is 66.5 cm³/mol. The summed E-state index contributed by atoms with van der Waals surface area (Å²) in [4.78, 5) is 4.57. The number of aliphatic imine (C=N–C) groups is 1. The highest BCUT2D eigenvalue weighted by Crippen LogP contribution is 2.34. The first-order valence-electron chi connectivity index (χ1n) is 5.08. The van der Waals surface area contributed by atoms with Crippen molar-refractivity contribution in [3.05, 3.63) is 23.2 Å². The monoisotopic (exact) mass is 222 g/mol. The lowest BCUT2D eigenvalue weighted by Crippen LogP contribution is -2.31. The Hall–Kier alpha value is -1.02. The molecule has 0 amide bonds. The lowest BCUT2D eigenvalue weighted by atomic mass is 9.98. The number of anilines is 1. The molecule has 0 radical (unpaired) electrons. The molecule has 15 heavy (non-hydrogen) atoms. The van der Waals surface area contributed by atoms with Gasteiger partial charge in [0.1, 0.15) is 0 Å². The van der Waals surface area contributed by atoms with Crippen LogP contribution >= 0.6 is 11.6 Å². The number of hydrogen-bond acceptors (Lipinski definition) is 2. The number of rotatable bonds is 0. The van der Waals surface area contributed by atoms with E-state index in [4.69, 9.17) is 11.6 Å². The van der Waals surface area contributed by atoms with Gasteiger partial charge >= 0.3 is 0 Å². The average molecular weight is 223 g/mol. The van der Waals surface area contributed by atoms with Crippen LogP contribution in [0.1, 0.15) is 27.2 Å². The van der Waals surface area contributed by atoms with Crippen LogP contribution in [0.25, 0.3) is 0 Å². The minimum Gasteiger partial charge on any atom is -0.378 e. The zero-order chi connectivity index (χ0) is 11.1. The maximum Gasteiger partial charge on any atom is 0.0875 e. The molecule has 1 aliphatic heterocycles. The number of fused-ring (bicyclic) bond motifs is 1. The van der Waals surface area contributed by atoms with Crippen LogP contribution in [0.5, 0.6) is 0 Å². The van der Waals surface area contributed by atoms with Gasteiger partial charge in [0, 0.05) is 22.7 Å². The van der Waals surface area contributed by atoms with E-state index in [9.17, 15) is 0 Å². The highest BCUT2D eigenvalue weighted by atomic mass is 35.5. The van der Waals surface area contributed by atoms with Crippen molar-refractivity contribution in [1.82, 2.24) is 0 Å². The van der Waals surface area contributed by atoms with E-state index >= 15 is 0 Å². The summed E-state index contributed by atoms with van der Waals surface area (Å²) < 4.78 is 0. The smallest absolute Gasteiger partial charge is 0.0875 e. The van der Waals surface area contributed by atoms with Crippen molar-refractivity contribution in [2.24, 2.45) is 4.99 Å². The molecule has 1 aromatic rings. The fourth-order valence-corrected chi connectivity index (χ4v) is 2.16. The number of hydrogen-bond donors (Lipinski definition) is 1. The molecule has 0 spiro atoms. The standard InChI is InChI=1S/C12H15ClN2/c1-8-7-12(2,3)15-10-5-4-9(13)6-11(10)14-8/h4-6,15H,7H2,1-3H3. The van der Waals surface area contributed by atoms with Crippen LogP contribution in [0.3, 0.4) is 0 Å². The number of nitrogens with one attached hydrogen (secondary N) is 1. The molecule has 0 fully saturated rings. The second-order valence-electron chi connectivity index (χ2n) is 4.69. The molecule has 0 bridgehead atoms. The summed E-state index contributed by atoms with van der Waals surface area (Å²) in [5.74, 6) is 0. The number of benzene rings is 1. The van der Waals surface area contributed by atoms with Gasteiger partial charge in [0.15, 0.2) is 0 Å². The Labute approximate surface area is 95.4 Å². The molecule has 1 aliphatic rings. The van der Waals surface area contributed by atoms with Gasteiger partial charge in [-0.1, -0.05) is 11.6 Å². The fourth-order valence-electron chi connectivity index (χ4n) is 2.00. The van der Waals surface area contributed by atoms with E-state index in [2.05, 4.69) is 31.1 Å². The molecule has 0 unspecified atom stereocenters. The normalized spacial score (nSPS) is 18.5. The first kappa shape index (κ1) is 10.5. The average Bonchev–Trinajstić information content (AvgIpc) is 2.18. The van der Waals surface area contributed by atoms with Gasteiger partial charge in [-0.2, -0.15) is 0 Å². The van der Waals surface area contributed by atoms with E-state index in [1.54, 1.807) is 0 Å². The van der Waals surface area contributed by atoms with Crippen LogP contribution in [0.15, 0.2) is 23.2 Å². The van der Waals surface area contributed by atoms with Gasteiger partial charge in [-0.15, -0.1) is 0 Å². The second-order valence-corrected chi connectivity index (χ2v) is 5.13. The Morgan fingerprint density at radius 1 is 1.40 bits per heavy atom. The second kappa shape index (κ2) is 3.53. The van der Waals surface area contributed by atoms with Crippen molar-refractivity contribution in [2.75, 3.05) is 5.32 Å². The third-order valence-electron chi connectivity index (χ3n) is 2.44. The molecule has 0 atom stereocenters. The van der Waals surface area contributed by atoms with Gasteiger partial charge in [-0.3, -0.25) is 4.99 Å². The third kappa shape index (κ3) is 2.32. The van der Waals surface area contributed by atoms with Crippen molar-refractivity contribution in [2.45, 2.75) is 32.7 Å². The molecule has 0 aliphatic carbocycles. The molecule has 0 aromatic heterocycles. The van der Waals surface area contributed by atoms with E-state index < -0.39 is 0 Å². The van der Waals surface area contributed by atoms with Gasteiger partial charge in [-0.25, -0.2) is 0 Å². The van der Waals surface area contributed by atoms with Crippen molar-refractivity contribution in [1.29, 1.82) is 0 Å². The van der Waals surface area contributed by atoms with E-state index in [0.717, 1.165) is 28.5 Å². The fraction of sp³-hybridized carbons (Fsp3) is 0.417. The van der Waals surface area contributed by atoms with Crippen molar-refractivity contribution in [3.8, 4) is 0 Å². The quantitative estimate of drug-likeness (QED) is 0.704. The van der Waals surface area contributed by atoms with Crippen LogP contribution in [0.4, 0.5) is 11.4 Å². The molecular formula is C12H15ClN2. The Morgan fingerprint density at radius 2 is 2.13 bits per heavy atom. The van der Waals surface area contributed by atoms with E-state index in [-0.39, 0.29) is 5.54 Å². The van der Waals surface area contributed by atoms with Crippen molar-refractivity contribution in [3.63, 3.8) is 0 Å². The van der Waals surface area contributed by atoms with Crippen LogP contribution in [0.2, 0.25) is 5.02 Å². The molecule has 1 aromatic carbocycles. The Bertz CT molecular complexity index is 422. The predicted octanol–water partition coefficient (Wildman–Crippen LogP) is 4.03. The van der Waals surface area contributed by atoms with Crippen molar-refractivity contribution < 1.29 is 0 Å². The summed E-state index contributed by atoms with van der Waals surface area (Å²) in [6.45, 7) is 6.41. The molecule has 2 rings (SSSR count). The molecule has 0 saturated carbocycles. The summed E-state index contributed by atoms with van der Waals surface area (Å²) in [5.41, 5.74) is 3.17. The van der Waals surface area contributed by atoms with Gasteiger partial charge in [0.25, 0.3) is 0 Å². The topological polar surface area (TPSA) is 24.4 Å². The molecule has 1 N–H and O–H groups in total. The highest BCUT2D eigenvalue weighted by molar-refractivity contribution is 6.31. The third-order valence-corrected chi connectivity index (χ3v) is 2.68. The summed E-state index contributed by atoms with van der Waals surface area (Å²) in [6.07, 6.45) is 0.944. The Balaban J connectivity index is 2.52. The molecule has 3 heteroatoms. The largest absolute Gasteiger partial charge is 0.378 e. The number of halogens is 1. The van der Waals surface area contributed by atoms with Crippen LogP contribution in [-0.2, 0) is 0 Å². The van der Waals surface area contributed by atoms with Crippen LogP contribution in [0, 0.1) is 0 Å². The zero-order valence-electron chi connectivity index (χ0n) is 9.26. The molecule has 0 saturated heterocycles. The zero-order valence-corrected chi connectivity index (χ0v) is 10.0. The molecular weight excluding hydrogens is 208 g/mol. The van der Waals surface area contributed by atoms with Crippen molar-refractivity contribution >= 4 is 28.7 Å². The summed E-state index contributed by atoms with van der Waals surface area (Å²) in [5, 5.41) is 4.21. The van der Waals surface area contributed by atoms with Gasteiger partial charge in [-0.05, 0) is 39.0 Å². The van der Waals surface area contributed by atoms with E-state index in [1.807, 2.05) is 18.2 Å². The van der Waals surface area contributed by atoms with E-state index in [0.29, 0.717) is 0 Å². The van der Waals surface area contributed by atoms with Gasteiger partial charge in [0.2, 0.25) is 0 Å². The number of nitrogens with zero attached hydrogens (tertiary/aromatic N) is 1. The summed E-state index contributed by atoms with van der Waals surface area (Å²) in [7, 11) is 0. The minimum atomic E-state index is 0.0483. The highest BCUT2D eigenvalue weighted by Gasteiger charge is 2.22. The lowest BCUT2D eigenvalue weighted by Gasteiger charge is -2.25. The maximum atomic E-state index is 5.95. The van der Waals surface area contributed by atoms with Crippen LogP contribution in [-0.4, -0.2) is 11.3 Å². The lowest BCUT2D eigenvalue weighted by molar-refractivity contribution is 0.595. The van der Waals surface area contributed by atoms with Crippen LogP contribution < -0.4 is 5.32 Å². The SMILES string of the molecule is CC1=Nc2cc(Cl)ccc2NC(C)(C)C1. The minimum absolute atomic E-state index is 0.0483. The van der Waals surface area contributed by atoms with Gasteiger partial charge < -0.3 is 5.32 Å². The first-order chi connectivity index (χ1) is 6.96. The Kier molecular flexibility index (Phi) is 2.47. The molecule has 2 nitrogen and oxygen atoms in total. The maximum absolute atomic E-state index is 5.95. The molecule has 1 heterocycles. The Morgan fingerprint density at radius 3 is 2.87 bits per heavy atom. The summed E-state index contributed by atoms with van der Waals surface area (Å²) in [6, 6.07) is 5.77. The summed E-state index contributed by atoms with van der Waals surface area (Å²) >= 11 is 5.95.